The lowest BCUT2D eigenvalue weighted by atomic mass is 10.1. The Hall–Kier alpha value is -1.52. The molecule has 5 nitrogen and oxygen atoms in total. The van der Waals surface area contributed by atoms with E-state index in [9.17, 15) is 4.79 Å². The summed E-state index contributed by atoms with van der Waals surface area (Å²) in [5.74, 6) is 0.981. The van der Waals surface area contributed by atoms with E-state index >= 15 is 0 Å². The van der Waals surface area contributed by atoms with Crippen LogP contribution in [0.15, 0.2) is 17.6 Å². The number of aliphatic imine (C=N–C) groups is 1. The number of piperidine rings is 1. The first-order valence-electron chi connectivity index (χ1n) is 8.49. The van der Waals surface area contributed by atoms with Crippen LogP contribution in [0.1, 0.15) is 44.9 Å². The summed E-state index contributed by atoms with van der Waals surface area (Å²) in [5, 5.41) is 3.19. The van der Waals surface area contributed by atoms with E-state index in [0.717, 1.165) is 51.3 Å². The van der Waals surface area contributed by atoms with Crippen molar-refractivity contribution in [3.8, 4) is 0 Å². The van der Waals surface area contributed by atoms with Gasteiger partial charge in [-0.05, 0) is 38.5 Å². The fraction of sp³-hybridized carbons (Fsp3) is 0.765. The van der Waals surface area contributed by atoms with Crippen LogP contribution in [-0.4, -0.2) is 61.9 Å². The van der Waals surface area contributed by atoms with Crippen molar-refractivity contribution >= 4 is 11.9 Å². The molecule has 1 amide bonds. The van der Waals surface area contributed by atoms with Gasteiger partial charge in [0, 0.05) is 33.7 Å². The zero-order valence-electron chi connectivity index (χ0n) is 14.3. The van der Waals surface area contributed by atoms with Gasteiger partial charge in [0.05, 0.1) is 6.54 Å². The van der Waals surface area contributed by atoms with Crippen LogP contribution < -0.4 is 5.32 Å². The second kappa shape index (κ2) is 11.1. The quantitative estimate of drug-likeness (QED) is 0.324. The summed E-state index contributed by atoms with van der Waals surface area (Å²) < 4.78 is 0. The van der Waals surface area contributed by atoms with E-state index in [0.29, 0.717) is 6.54 Å². The molecule has 5 heteroatoms. The van der Waals surface area contributed by atoms with Gasteiger partial charge in [-0.1, -0.05) is 12.5 Å². The number of guanidine groups is 1. The van der Waals surface area contributed by atoms with E-state index in [1.165, 1.54) is 19.3 Å². The molecule has 22 heavy (non-hydrogen) atoms. The van der Waals surface area contributed by atoms with Gasteiger partial charge in [-0.2, -0.15) is 0 Å². The van der Waals surface area contributed by atoms with Crippen LogP contribution in [-0.2, 0) is 4.79 Å². The third kappa shape index (κ3) is 6.96. The van der Waals surface area contributed by atoms with Gasteiger partial charge in [0.2, 0.25) is 5.91 Å². The summed E-state index contributed by atoms with van der Waals surface area (Å²) >= 11 is 0. The minimum atomic E-state index is 0.181. The third-order valence-electron chi connectivity index (χ3n) is 4.08. The molecule has 1 aliphatic rings. The fourth-order valence-corrected chi connectivity index (χ4v) is 2.71. The van der Waals surface area contributed by atoms with E-state index in [-0.39, 0.29) is 5.91 Å². The van der Waals surface area contributed by atoms with Gasteiger partial charge in [-0.3, -0.25) is 9.79 Å². The number of hydrogen-bond acceptors (Lipinski definition) is 2. The Balaban J connectivity index is 2.25. The minimum absolute atomic E-state index is 0.181. The summed E-state index contributed by atoms with van der Waals surface area (Å²) in [6.45, 7) is 6.83. The predicted octanol–water partition coefficient (Wildman–Crippen LogP) is 2.25. The zero-order chi connectivity index (χ0) is 16.2. The predicted molar refractivity (Wildman–Crippen MR) is 93.1 cm³/mol. The highest BCUT2D eigenvalue weighted by Gasteiger charge is 2.17. The van der Waals surface area contributed by atoms with Gasteiger partial charge in [-0.15, -0.1) is 6.58 Å². The van der Waals surface area contributed by atoms with Crippen LogP contribution in [0.4, 0.5) is 0 Å². The number of nitrogens with zero attached hydrogens (tertiary/aromatic N) is 3. The Kier molecular flexibility index (Phi) is 9.35. The molecule has 1 aliphatic heterocycles. The molecule has 1 saturated heterocycles. The topological polar surface area (TPSA) is 47.9 Å². The molecule has 0 saturated carbocycles. The monoisotopic (exact) mass is 308 g/mol. The number of unbranched alkanes of at least 4 members (excludes halogenated alkanes) is 3. The molecular formula is C17H32N4O. The maximum Gasteiger partial charge on any atom is 0.241 e. The van der Waals surface area contributed by atoms with Crippen LogP contribution in [0.3, 0.4) is 0 Å². The van der Waals surface area contributed by atoms with E-state index in [1.807, 2.05) is 18.0 Å². The Morgan fingerprint density at radius 3 is 2.64 bits per heavy atom. The van der Waals surface area contributed by atoms with Gasteiger partial charge in [0.1, 0.15) is 0 Å². The molecule has 0 unspecified atom stereocenters. The average molecular weight is 308 g/mol. The number of carbonyl (C=O) groups is 1. The van der Waals surface area contributed by atoms with E-state index < -0.39 is 0 Å². The average Bonchev–Trinajstić information content (AvgIpc) is 2.55. The minimum Gasteiger partial charge on any atom is -0.347 e. The lowest BCUT2D eigenvalue weighted by Crippen LogP contribution is -2.46. The van der Waals surface area contributed by atoms with Crippen molar-refractivity contribution in [1.82, 2.24) is 15.1 Å². The summed E-state index contributed by atoms with van der Waals surface area (Å²) in [7, 11) is 3.79. The van der Waals surface area contributed by atoms with Crippen LogP contribution in [0.5, 0.6) is 0 Å². The SMILES string of the molecule is C=CCCCCCN(C)C(=NC)NCC(=O)N1CCCCC1. The maximum absolute atomic E-state index is 12.2. The van der Waals surface area contributed by atoms with Gasteiger partial charge in [0.15, 0.2) is 5.96 Å². The van der Waals surface area contributed by atoms with Crippen LogP contribution in [0.25, 0.3) is 0 Å². The highest BCUT2D eigenvalue weighted by molar-refractivity contribution is 5.86. The smallest absolute Gasteiger partial charge is 0.241 e. The summed E-state index contributed by atoms with van der Waals surface area (Å²) in [6, 6.07) is 0. The standard InChI is InChI=1S/C17H32N4O/c1-4-5-6-7-9-12-20(3)17(18-2)19-15-16(22)21-13-10-8-11-14-21/h4H,1,5-15H2,2-3H3,(H,18,19). The molecular weight excluding hydrogens is 276 g/mol. The van der Waals surface area contributed by atoms with Crippen molar-refractivity contribution in [3.05, 3.63) is 12.7 Å². The lowest BCUT2D eigenvalue weighted by Gasteiger charge is -2.28. The van der Waals surface area contributed by atoms with Crippen molar-refractivity contribution in [3.63, 3.8) is 0 Å². The second-order valence-electron chi connectivity index (χ2n) is 5.90. The molecule has 1 heterocycles. The first-order chi connectivity index (χ1) is 10.7. The number of amides is 1. The molecule has 0 aromatic rings. The number of carbonyl (C=O) groups excluding carboxylic acids is 1. The number of rotatable bonds is 8. The third-order valence-corrected chi connectivity index (χ3v) is 4.08. The number of hydrogen-bond donors (Lipinski definition) is 1. The van der Waals surface area contributed by atoms with Crippen molar-refractivity contribution in [1.29, 1.82) is 0 Å². The highest BCUT2D eigenvalue weighted by Crippen LogP contribution is 2.08. The van der Waals surface area contributed by atoms with E-state index in [1.54, 1.807) is 7.05 Å². The van der Waals surface area contributed by atoms with Crippen molar-refractivity contribution in [2.75, 3.05) is 40.3 Å². The Morgan fingerprint density at radius 2 is 2.00 bits per heavy atom. The van der Waals surface area contributed by atoms with Crippen molar-refractivity contribution in [2.24, 2.45) is 4.99 Å². The molecule has 0 bridgehead atoms. The van der Waals surface area contributed by atoms with E-state index in [4.69, 9.17) is 0 Å². The molecule has 0 radical (unpaired) electrons. The van der Waals surface area contributed by atoms with E-state index in [2.05, 4.69) is 21.8 Å². The number of nitrogens with one attached hydrogen (secondary N) is 1. The molecule has 1 rings (SSSR count). The van der Waals surface area contributed by atoms with Gasteiger partial charge >= 0.3 is 0 Å². The molecule has 0 aromatic heterocycles. The Bertz CT molecular complexity index is 362. The Morgan fingerprint density at radius 1 is 1.27 bits per heavy atom. The highest BCUT2D eigenvalue weighted by atomic mass is 16.2. The number of likely N-dealkylation sites (tertiary alicyclic amines) is 1. The molecule has 0 aliphatic carbocycles. The summed E-state index contributed by atoms with van der Waals surface area (Å²) in [5.41, 5.74) is 0. The van der Waals surface area contributed by atoms with Crippen molar-refractivity contribution < 1.29 is 4.79 Å². The molecule has 0 spiro atoms. The molecule has 0 aromatic carbocycles. The van der Waals surface area contributed by atoms with Crippen molar-refractivity contribution in [2.45, 2.75) is 44.9 Å². The van der Waals surface area contributed by atoms with Crippen LogP contribution in [0.2, 0.25) is 0 Å². The van der Waals surface area contributed by atoms with Gasteiger partial charge in [0.25, 0.3) is 0 Å². The van der Waals surface area contributed by atoms with Gasteiger partial charge in [-0.25, -0.2) is 0 Å². The normalized spacial score (nSPS) is 15.5. The summed E-state index contributed by atoms with van der Waals surface area (Å²) in [6.07, 6.45) is 10.1. The maximum atomic E-state index is 12.2. The molecule has 126 valence electrons. The van der Waals surface area contributed by atoms with Crippen LogP contribution >= 0.6 is 0 Å². The molecule has 1 fully saturated rings. The second-order valence-corrected chi connectivity index (χ2v) is 5.90. The molecule has 0 atom stereocenters. The number of allylic oxidation sites excluding steroid dienone is 1. The largest absolute Gasteiger partial charge is 0.347 e. The first-order valence-corrected chi connectivity index (χ1v) is 8.49. The van der Waals surface area contributed by atoms with Crippen LogP contribution in [0, 0.1) is 0 Å². The zero-order valence-corrected chi connectivity index (χ0v) is 14.3. The lowest BCUT2D eigenvalue weighted by molar-refractivity contribution is -0.130. The Labute approximate surface area is 135 Å². The summed E-state index contributed by atoms with van der Waals surface area (Å²) in [4.78, 5) is 20.5. The first kappa shape index (κ1) is 18.5. The van der Waals surface area contributed by atoms with Gasteiger partial charge < -0.3 is 15.1 Å². The fourth-order valence-electron chi connectivity index (χ4n) is 2.71. The molecule has 1 N–H and O–H groups in total.